The van der Waals surface area contributed by atoms with Crippen LogP contribution in [-0.4, -0.2) is 27.5 Å². The van der Waals surface area contributed by atoms with Crippen molar-refractivity contribution >= 4 is 79.0 Å². The van der Waals surface area contributed by atoms with Gasteiger partial charge in [0, 0.05) is 31.4 Å². The molecule has 0 saturated heterocycles. The molecule has 8 heteroatoms. The van der Waals surface area contributed by atoms with Gasteiger partial charge in [-0.2, -0.15) is 0 Å². The van der Waals surface area contributed by atoms with Gasteiger partial charge in [0.05, 0.1) is 16.3 Å². The van der Waals surface area contributed by atoms with Gasteiger partial charge in [0.25, 0.3) is 11.8 Å². The summed E-state index contributed by atoms with van der Waals surface area (Å²) in [5, 5.41) is 7.35. The summed E-state index contributed by atoms with van der Waals surface area (Å²) in [6, 6.07) is 39.4. The van der Waals surface area contributed by atoms with E-state index >= 15 is 0 Å². The molecule has 0 aliphatic heterocycles. The van der Waals surface area contributed by atoms with Crippen molar-refractivity contribution in [1.82, 2.24) is 9.88 Å². The largest absolute Gasteiger partial charge is 0.321 e. The van der Waals surface area contributed by atoms with Crippen molar-refractivity contribution in [3.8, 4) is 0 Å². The Kier molecular flexibility index (Phi) is 8.96. The third-order valence-corrected chi connectivity index (χ3v) is 8.82. The zero-order valence-electron chi connectivity index (χ0n) is 24.2. The van der Waals surface area contributed by atoms with Crippen LogP contribution < -0.4 is 10.6 Å². The van der Waals surface area contributed by atoms with Crippen molar-refractivity contribution in [3.63, 3.8) is 0 Å². The van der Waals surface area contributed by atoms with Gasteiger partial charge >= 0.3 is 0 Å². The second-order valence-electron chi connectivity index (χ2n) is 10.4. The number of nitrogens with one attached hydrogen (secondary N) is 2. The third kappa shape index (κ3) is 6.77. The first-order valence-electron chi connectivity index (χ1n) is 14.3. The minimum atomic E-state index is -0.476. The summed E-state index contributed by atoms with van der Waals surface area (Å²) < 4.78 is 2.64. The molecule has 1 unspecified atom stereocenters. The normalized spacial score (nSPS) is 12.2. The number of nitrogens with zero attached hydrogens (tertiary/aromatic N) is 1. The number of rotatable bonds is 8. The molecule has 6 aromatic rings. The number of carbonyl (C=O) groups excluding carboxylic acids is 3. The molecule has 0 aliphatic carbocycles. The van der Waals surface area contributed by atoms with Crippen molar-refractivity contribution in [1.29, 1.82) is 0 Å². The number of carbonyl (C=O) groups is 3. The Balaban J connectivity index is 1.22. The van der Waals surface area contributed by atoms with E-state index in [2.05, 4.69) is 26.6 Å². The molecule has 1 heterocycles. The van der Waals surface area contributed by atoms with Crippen LogP contribution in [0, 0.1) is 0 Å². The first-order valence-corrected chi connectivity index (χ1v) is 16.0. The van der Waals surface area contributed by atoms with E-state index in [1.807, 2.05) is 104 Å². The average Bonchev–Trinajstić information content (AvgIpc) is 3.39. The summed E-state index contributed by atoms with van der Waals surface area (Å²) in [5.41, 5.74) is 3.56. The maximum Gasteiger partial charge on any atom is 0.272 e. The molecule has 0 fully saturated rings. The van der Waals surface area contributed by atoms with Gasteiger partial charge in [0.15, 0.2) is 0 Å². The predicted octanol–water partition coefficient (Wildman–Crippen LogP) is 8.79. The number of para-hydroxylation sites is 2. The van der Waals surface area contributed by atoms with Crippen LogP contribution in [0.1, 0.15) is 27.6 Å². The summed E-state index contributed by atoms with van der Waals surface area (Å²) >= 11 is 4.88. The quantitative estimate of drug-likeness (QED) is 0.125. The highest BCUT2D eigenvalue weighted by Crippen LogP contribution is 2.32. The summed E-state index contributed by atoms with van der Waals surface area (Å²) in [6.45, 7) is 1.89. The van der Waals surface area contributed by atoms with E-state index < -0.39 is 17.1 Å². The van der Waals surface area contributed by atoms with Gasteiger partial charge in [-0.3, -0.25) is 19.0 Å². The zero-order chi connectivity index (χ0) is 31.3. The lowest BCUT2D eigenvalue weighted by Gasteiger charge is -2.15. The first kappa shape index (κ1) is 30.1. The Morgan fingerprint density at radius 2 is 1.40 bits per heavy atom. The van der Waals surface area contributed by atoms with E-state index in [0.717, 1.165) is 36.7 Å². The highest BCUT2D eigenvalue weighted by Gasteiger charge is 2.22. The predicted molar refractivity (Wildman–Crippen MR) is 186 cm³/mol. The second-order valence-corrected chi connectivity index (χ2v) is 12.7. The van der Waals surface area contributed by atoms with E-state index in [-0.39, 0.29) is 11.6 Å². The minimum Gasteiger partial charge on any atom is -0.321 e. The van der Waals surface area contributed by atoms with E-state index in [1.165, 1.54) is 11.8 Å². The van der Waals surface area contributed by atoms with Gasteiger partial charge in [-0.05, 0) is 73.2 Å². The number of hydrogen-bond acceptors (Lipinski definition) is 4. The van der Waals surface area contributed by atoms with Crippen LogP contribution in [0.25, 0.3) is 27.9 Å². The number of halogens is 1. The molecule has 222 valence electrons. The fourth-order valence-electron chi connectivity index (χ4n) is 5.15. The maximum atomic E-state index is 13.8. The third-order valence-electron chi connectivity index (χ3n) is 7.24. The van der Waals surface area contributed by atoms with Crippen LogP contribution in [0.2, 0.25) is 0 Å². The van der Waals surface area contributed by atoms with Crippen LogP contribution in [0.3, 0.4) is 0 Å². The lowest BCUT2D eigenvalue weighted by atomic mass is 10.1. The molecule has 6 nitrogen and oxygen atoms in total. The minimum absolute atomic E-state index is 0.0327. The number of thioether (sulfide) groups is 1. The van der Waals surface area contributed by atoms with Crippen molar-refractivity contribution in [2.45, 2.75) is 17.1 Å². The highest BCUT2D eigenvalue weighted by molar-refractivity contribution is 9.10. The van der Waals surface area contributed by atoms with Gasteiger partial charge in [-0.15, -0.1) is 11.8 Å². The molecule has 0 aliphatic rings. The topological polar surface area (TPSA) is 80.2 Å². The smallest absolute Gasteiger partial charge is 0.272 e. The van der Waals surface area contributed by atoms with E-state index in [0.29, 0.717) is 11.3 Å². The fourth-order valence-corrected chi connectivity index (χ4v) is 6.53. The monoisotopic (exact) mass is 673 g/mol. The second kappa shape index (κ2) is 13.4. The molecule has 45 heavy (non-hydrogen) atoms. The SMILES string of the molecule is CC(Sc1cccc(NC(=O)/C(=C\c2cccc(Br)c2)NC(=O)c2ccccc2)c1)C(=O)n1c2ccccc2c2ccccc21. The average molecular weight is 675 g/mol. The van der Waals surface area contributed by atoms with Crippen LogP contribution >= 0.6 is 27.7 Å². The van der Waals surface area contributed by atoms with Gasteiger partial charge in [0.2, 0.25) is 5.91 Å². The van der Waals surface area contributed by atoms with Gasteiger partial charge in [-0.1, -0.05) is 88.7 Å². The number of anilines is 1. The van der Waals surface area contributed by atoms with Crippen LogP contribution in [-0.2, 0) is 4.79 Å². The Labute approximate surface area is 273 Å². The summed E-state index contributed by atoms with van der Waals surface area (Å²) in [4.78, 5) is 41.2. The molecular formula is C37H28BrN3O3S. The van der Waals surface area contributed by atoms with E-state index in [9.17, 15) is 14.4 Å². The molecule has 5 aromatic carbocycles. The molecule has 0 spiro atoms. The Morgan fingerprint density at radius 3 is 2.09 bits per heavy atom. The van der Waals surface area contributed by atoms with Crippen molar-refractivity contribution in [3.05, 3.63) is 149 Å². The van der Waals surface area contributed by atoms with Crippen molar-refractivity contribution in [2.24, 2.45) is 0 Å². The number of benzene rings is 5. The van der Waals surface area contributed by atoms with Gasteiger partial charge < -0.3 is 10.6 Å². The van der Waals surface area contributed by atoms with Gasteiger partial charge in [-0.25, -0.2) is 0 Å². The lowest BCUT2D eigenvalue weighted by Crippen LogP contribution is -2.30. The fraction of sp³-hybridized carbons (Fsp3) is 0.0541. The van der Waals surface area contributed by atoms with Crippen molar-refractivity contribution < 1.29 is 14.4 Å². The zero-order valence-corrected chi connectivity index (χ0v) is 26.6. The summed E-state index contributed by atoms with van der Waals surface area (Å²) in [5.74, 6) is -0.904. The summed E-state index contributed by atoms with van der Waals surface area (Å²) in [7, 11) is 0. The molecule has 2 amide bonds. The van der Waals surface area contributed by atoms with Crippen LogP contribution in [0.4, 0.5) is 5.69 Å². The Morgan fingerprint density at radius 1 is 0.756 bits per heavy atom. The molecule has 2 N–H and O–H groups in total. The molecule has 6 rings (SSSR count). The molecule has 0 radical (unpaired) electrons. The number of amides is 2. The van der Waals surface area contributed by atoms with Crippen molar-refractivity contribution in [2.75, 3.05) is 5.32 Å². The number of fused-ring (bicyclic) bond motifs is 3. The van der Waals surface area contributed by atoms with E-state index in [4.69, 9.17) is 0 Å². The van der Waals surface area contributed by atoms with E-state index in [1.54, 1.807) is 41.0 Å². The number of hydrogen-bond donors (Lipinski definition) is 2. The maximum absolute atomic E-state index is 13.8. The molecule has 0 saturated carbocycles. The lowest BCUT2D eigenvalue weighted by molar-refractivity contribution is -0.113. The highest BCUT2D eigenvalue weighted by atomic mass is 79.9. The molecular weight excluding hydrogens is 646 g/mol. The van der Waals surface area contributed by atoms with Crippen LogP contribution in [0.5, 0.6) is 0 Å². The number of aromatic nitrogens is 1. The van der Waals surface area contributed by atoms with Crippen LogP contribution in [0.15, 0.2) is 142 Å². The summed E-state index contributed by atoms with van der Waals surface area (Å²) in [6.07, 6.45) is 1.63. The first-order chi connectivity index (χ1) is 21.9. The molecule has 1 aromatic heterocycles. The molecule has 1 atom stereocenters. The Hall–Kier alpha value is -4.92. The van der Waals surface area contributed by atoms with Gasteiger partial charge in [0.1, 0.15) is 5.70 Å². The molecule has 0 bridgehead atoms. The Bertz CT molecular complexity index is 2030. The standard InChI is InChI=1S/C37H28BrN3O3S/c1-24(37(44)41-33-19-7-5-17-30(33)31-18-6-8-20-34(31)41)45-29-16-10-15-28(23-29)39-36(43)32(22-25-11-9-14-27(38)21-25)40-35(42)26-12-3-2-4-13-26/h2-24H,1H3,(H,39,43)(H,40,42)/b32-22+.